The Hall–Kier alpha value is -2.16. The summed E-state index contributed by atoms with van der Waals surface area (Å²) >= 11 is 14.9. The molecule has 4 aromatic heterocycles. The number of pyridine rings is 2. The molecule has 1 fully saturated rings. The van der Waals surface area contributed by atoms with Crippen LogP contribution in [0.1, 0.15) is 6.04 Å². The molecule has 5 heterocycles. The smallest absolute Gasteiger partial charge is 0.147 e. The van der Waals surface area contributed by atoms with E-state index in [2.05, 4.69) is 25.3 Å². The fraction of sp³-hybridized carbons (Fsp3) is 0.318. The van der Waals surface area contributed by atoms with Gasteiger partial charge in [0.25, 0.3) is 0 Å². The summed E-state index contributed by atoms with van der Waals surface area (Å²) in [6, 6.07) is 6.59. The molecule has 0 bridgehead atoms. The van der Waals surface area contributed by atoms with Gasteiger partial charge in [-0.05, 0) is 18.2 Å². The van der Waals surface area contributed by atoms with E-state index in [1.54, 1.807) is 30.0 Å². The summed E-state index contributed by atoms with van der Waals surface area (Å²) in [5.41, 5.74) is 1.13. The SMILES string of the molecule is CO[C@@H]1[C@@H](n2cc(-c3nc(Cl)cs3)nn2)[C@@H](O)[C@@H](CO)O[C@@H]1Sc1cc(Cl)cnc1-c1ccccn1. The van der Waals surface area contributed by atoms with E-state index >= 15 is 0 Å². The van der Waals surface area contributed by atoms with Gasteiger partial charge >= 0.3 is 0 Å². The van der Waals surface area contributed by atoms with Crippen molar-refractivity contribution in [2.24, 2.45) is 0 Å². The highest BCUT2D eigenvalue weighted by Crippen LogP contribution is 2.42. The van der Waals surface area contributed by atoms with Crippen LogP contribution in [0.4, 0.5) is 0 Å². The Morgan fingerprint density at radius 3 is 2.81 bits per heavy atom. The summed E-state index contributed by atoms with van der Waals surface area (Å²) in [5.74, 6) is 0. The molecule has 14 heteroatoms. The van der Waals surface area contributed by atoms with Gasteiger partial charge in [-0.3, -0.25) is 9.97 Å². The average molecular weight is 567 g/mol. The predicted octanol–water partition coefficient (Wildman–Crippen LogP) is 3.59. The number of methoxy groups -OCH3 is 1. The van der Waals surface area contributed by atoms with Crippen molar-refractivity contribution in [3.05, 3.63) is 58.4 Å². The van der Waals surface area contributed by atoms with E-state index in [-0.39, 0.29) is 0 Å². The van der Waals surface area contributed by atoms with Crippen molar-refractivity contribution >= 4 is 46.3 Å². The lowest BCUT2D eigenvalue weighted by molar-refractivity contribution is -0.186. The van der Waals surface area contributed by atoms with Crippen LogP contribution in [0.15, 0.2) is 53.1 Å². The number of aliphatic hydroxyl groups excluding tert-OH is 2. The van der Waals surface area contributed by atoms with Gasteiger partial charge in [0.05, 0.1) is 23.5 Å². The molecule has 2 N–H and O–H groups in total. The number of rotatable bonds is 7. The Morgan fingerprint density at radius 1 is 1.25 bits per heavy atom. The third-order valence-electron chi connectivity index (χ3n) is 5.58. The number of hydrogen-bond donors (Lipinski definition) is 2. The monoisotopic (exact) mass is 566 g/mol. The second kappa shape index (κ2) is 11.1. The van der Waals surface area contributed by atoms with E-state index in [9.17, 15) is 10.2 Å². The van der Waals surface area contributed by atoms with Gasteiger partial charge in [-0.25, -0.2) is 9.67 Å². The van der Waals surface area contributed by atoms with E-state index in [1.807, 2.05) is 18.2 Å². The minimum atomic E-state index is -1.13. The zero-order chi connectivity index (χ0) is 25.2. The van der Waals surface area contributed by atoms with Crippen molar-refractivity contribution < 1.29 is 19.7 Å². The molecular formula is C22H20Cl2N6O4S2. The van der Waals surface area contributed by atoms with Crippen molar-refractivity contribution in [2.75, 3.05) is 13.7 Å². The average Bonchev–Trinajstić information content (AvgIpc) is 3.54. The first-order valence-corrected chi connectivity index (χ1v) is 13.2. The van der Waals surface area contributed by atoms with E-state index in [1.165, 1.54) is 34.9 Å². The molecule has 0 radical (unpaired) electrons. The van der Waals surface area contributed by atoms with Crippen molar-refractivity contribution in [3.8, 4) is 22.1 Å². The Bertz CT molecular complexity index is 1330. The van der Waals surface area contributed by atoms with Gasteiger partial charge in [0, 0.05) is 29.8 Å². The fourth-order valence-corrected chi connectivity index (χ4v) is 6.37. The molecule has 1 saturated heterocycles. The topological polar surface area (TPSA) is 128 Å². The number of halogens is 2. The zero-order valence-electron chi connectivity index (χ0n) is 18.7. The van der Waals surface area contributed by atoms with Crippen LogP contribution < -0.4 is 0 Å². The Balaban J connectivity index is 1.49. The Labute approximate surface area is 224 Å². The van der Waals surface area contributed by atoms with Crippen LogP contribution in [0, 0.1) is 0 Å². The van der Waals surface area contributed by atoms with Crippen LogP contribution in [0.25, 0.3) is 22.1 Å². The Morgan fingerprint density at radius 2 is 2.11 bits per heavy atom. The van der Waals surface area contributed by atoms with Crippen LogP contribution in [0.5, 0.6) is 0 Å². The molecule has 0 aliphatic carbocycles. The number of thioether (sulfide) groups is 1. The number of ether oxygens (including phenoxy) is 2. The van der Waals surface area contributed by atoms with Gasteiger partial charge in [0.15, 0.2) is 0 Å². The zero-order valence-corrected chi connectivity index (χ0v) is 21.8. The Kier molecular flexibility index (Phi) is 7.84. The number of aliphatic hydroxyl groups is 2. The maximum atomic E-state index is 11.1. The number of hydrogen-bond acceptors (Lipinski definition) is 11. The second-order valence-electron chi connectivity index (χ2n) is 7.80. The van der Waals surface area contributed by atoms with Gasteiger partial charge < -0.3 is 19.7 Å². The molecule has 0 aromatic carbocycles. The first-order valence-electron chi connectivity index (χ1n) is 10.7. The van der Waals surface area contributed by atoms with E-state index in [4.69, 9.17) is 32.7 Å². The van der Waals surface area contributed by atoms with Crippen molar-refractivity contribution in [2.45, 2.75) is 34.7 Å². The van der Waals surface area contributed by atoms with Gasteiger partial charge in [-0.2, -0.15) is 0 Å². The molecular weight excluding hydrogens is 547 g/mol. The second-order valence-corrected chi connectivity index (χ2v) is 10.6. The van der Waals surface area contributed by atoms with Gasteiger partial charge in [-0.15, -0.1) is 16.4 Å². The molecule has 4 aromatic rings. The molecule has 10 nitrogen and oxygen atoms in total. The van der Waals surface area contributed by atoms with Crippen molar-refractivity contribution in [3.63, 3.8) is 0 Å². The van der Waals surface area contributed by atoms with Crippen LogP contribution >= 0.6 is 46.3 Å². The van der Waals surface area contributed by atoms with E-state index in [0.717, 1.165) is 0 Å². The molecule has 0 saturated carbocycles. The van der Waals surface area contributed by atoms with Gasteiger partial charge in [0.2, 0.25) is 0 Å². The molecule has 5 rings (SSSR count). The van der Waals surface area contributed by atoms with Crippen LogP contribution in [0.2, 0.25) is 10.2 Å². The van der Waals surface area contributed by atoms with Gasteiger partial charge in [0.1, 0.15) is 51.3 Å². The van der Waals surface area contributed by atoms with Crippen LogP contribution in [0.3, 0.4) is 0 Å². The molecule has 0 unspecified atom stereocenters. The van der Waals surface area contributed by atoms with E-state index in [0.29, 0.717) is 37.2 Å². The van der Waals surface area contributed by atoms with Crippen LogP contribution in [-0.4, -0.2) is 77.6 Å². The maximum absolute atomic E-state index is 11.1. The first kappa shape index (κ1) is 25.5. The third kappa shape index (κ3) is 5.13. The predicted molar refractivity (Wildman–Crippen MR) is 136 cm³/mol. The van der Waals surface area contributed by atoms with Gasteiger partial charge in [-0.1, -0.05) is 46.2 Å². The summed E-state index contributed by atoms with van der Waals surface area (Å²) in [4.78, 5) is 13.8. The molecule has 36 heavy (non-hydrogen) atoms. The third-order valence-corrected chi connectivity index (χ3v) is 8.15. The summed E-state index contributed by atoms with van der Waals surface area (Å²) < 4.78 is 13.4. The number of thiazole rings is 1. The van der Waals surface area contributed by atoms with Crippen LogP contribution in [-0.2, 0) is 9.47 Å². The highest BCUT2D eigenvalue weighted by atomic mass is 35.5. The highest BCUT2D eigenvalue weighted by molar-refractivity contribution is 8.00. The summed E-state index contributed by atoms with van der Waals surface area (Å²) in [6.45, 7) is -0.407. The highest BCUT2D eigenvalue weighted by Gasteiger charge is 2.47. The minimum absolute atomic E-state index is 0.362. The molecule has 1 aliphatic heterocycles. The maximum Gasteiger partial charge on any atom is 0.147 e. The molecule has 0 amide bonds. The molecule has 5 atom stereocenters. The lowest BCUT2D eigenvalue weighted by Gasteiger charge is -2.43. The minimum Gasteiger partial charge on any atom is -0.394 e. The number of nitrogens with zero attached hydrogens (tertiary/aromatic N) is 6. The van der Waals surface area contributed by atoms with Crippen molar-refractivity contribution in [1.82, 2.24) is 29.9 Å². The van der Waals surface area contributed by atoms with Crippen molar-refractivity contribution in [1.29, 1.82) is 0 Å². The standard InChI is InChI=1S/C22H20Cl2N6O4S2/c1-33-20-18(30-8-13(28-29-30)21-27-16(24)10-35-21)19(32)14(9-31)34-22(20)36-15-6-11(23)7-26-17(15)12-4-2-3-5-25-12/h2-8,10,14,18-20,22,31-32H,9H2,1H3/t14-,18+,19+,20-,22-/m1/s1. The number of aromatic nitrogens is 6. The summed E-state index contributed by atoms with van der Waals surface area (Å²) in [6.07, 6.45) is 2.19. The molecule has 0 spiro atoms. The first-order chi connectivity index (χ1) is 17.5. The molecule has 1 aliphatic rings. The quantitative estimate of drug-likeness (QED) is 0.342. The lowest BCUT2D eigenvalue weighted by Crippen LogP contribution is -2.55. The summed E-state index contributed by atoms with van der Waals surface area (Å²) in [7, 11) is 1.52. The molecule has 188 valence electrons. The largest absolute Gasteiger partial charge is 0.394 e. The van der Waals surface area contributed by atoms with E-state index < -0.39 is 36.4 Å². The summed E-state index contributed by atoms with van der Waals surface area (Å²) in [5, 5.41) is 32.6. The normalized spacial score (nSPS) is 24.2. The fourth-order valence-electron chi connectivity index (χ4n) is 3.93. The lowest BCUT2D eigenvalue weighted by atomic mass is 9.97.